The van der Waals surface area contributed by atoms with Crippen LogP contribution in [-0.4, -0.2) is 55.4 Å². The predicted molar refractivity (Wildman–Crippen MR) is 150 cm³/mol. The molecular formula is C27H41N5O2S. The van der Waals surface area contributed by atoms with Gasteiger partial charge in [0.25, 0.3) is 0 Å². The van der Waals surface area contributed by atoms with E-state index in [1.54, 1.807) is 17.4 Å². The summed E-state index contributed by atoms with van der Waals surface area (Å²) in [5.41, 5.74) is 10.3. The number of nitrogens with zero attached hydrogens (tertiary/aromatic N) is 3. The number of rotatable bonds is 13. The van der Waals surface area contributed by atoms with Crippen molar-refractivity contribution in [2.45, 2.75) is 52.6 Å². The second-order valence-corrected chi connectivity index (χ2v) is 9.20. The molecule has 0 bridgehead atoms. The van der Waals surface area contributed by atoms with Gasteiger partial charge < -0.3 is 25.6 Å². The zero-order valence-corrected chi connectivity index (χ0v) is 22.3. The maximum Gasteiger partial charge on any atom is 0.224 e. The Morgan fingerprint density at radius 2 is 2.11 bits per heavy atom. The molecule has 0 aliphatic carbocycles. The molecule has 3 N–H and O–H groups in total. The molecule has 0 atom stereocenters. The van der Waals surface area contributed by atoms with Gasteiger partial charge >= 0.3 is 0 Å². The molecule has 1 aromatic rings. The van der Waals surface area contributed by atoms with Crippen LogP contribution in [0.2, 0.25) is 0 Å². The molecule has 0 radical (unpaired) electrons. The van der Waals surface area contributed by atoms with E-state index in [2.05, 4.69) is 42.0 Å². The van der Waals surface area contributed by atoms with Gasteiger partial charge in [0.05, 0.1) is 17.2 Å². The van der Waals surface area contributed by atoms with Gasteiger partial charge in [0.1, 0.15) is 6.29 Å². The molecule has 1 aliphatic heterocycles. The Kier molecular flexibility index (Phi) is 14.3. The highest BCUT2D eigenvalue weighted by molar-refractivity contribution is 7.16. The van der Waals surface area contributed by atoms with Crippen LogP contribution in [0, 0.1) is 0 Å². The van der Waals surface area contributed by atoms with E-state index in [0.29, 0.717) is 32.5 Å². The number of aliphatic imine (C=N–C) groups is 1. The number of anilines is 1. The number of hydrogen-bond donors (Lipinski definition) is 2. The molecule has 8 heteroatoms. The van der Waals surface area contributed by atoms with Crippen molar-refractivity contribution in [3.63, 3.8) is 0 Å². The Bertz CT molecular complexity index is 932. The van der Waals surface area contributed by atoms with E-state index in [0.717, 1.165) is 48.5 Å². The molecule has 35 heavy (non-hydrogen) atoms. The van der Waals surface area contributed by atoms with Crippen molar-refractivity contribution in [2.24, 2.45) is 10.7 Å². The number of thiophene rings is 1. The smallest absolute Gasteiger partial charge is 0.224 e. The summed E-state index contributed by atoms with van der Waals surface area (Å²) in [5.74, 6) is 0.204. The summed E-state index contributed by atoms with van der Waals surface area (Å²) < 4.78 is 0. The Labute approximate surface area is 214 Å². The molecule has 2 heterocycles. The number of amides is 1. The lowest BCUT2D eigenvalue weighted by atomic mass is 10.0. The van der Waals surface area contributed by atoms with Crippen LogP contribution < -0.4 is 11.1 Å². The van der Waals surface area contributed by atoms with Crippen LogP contribution in [0.25, 0.3) is 0 Å². The SMILES string of the molecule is C=C/C=C\C(=C)CCC=O.C=N/C(C)=C\N(CC)CCC(=O)N1CCc2c(sc(NC)c2CN)C1. The number of carbonyl (C=O) groups is 2. The van der Waals surface area contributed by atoms with E-state index >= 15 is 0 Å². The summed E-state index contributed by atoms with van der Waals surface area (Å²) in [7, 11) is 1.92. The first kappa shape index (κ1) is 30.1. The molecule has 0 saturated heterocycles. The van der Waals surface area contributed by atoms with Crippen LogP contribution in [0.1, 0.15) is 49.1 Å². The minimum absolute atomic E-state index is 0.204. The average molecular weight is 500 g/mol. The summed E-state index contributed by atoms with van der Waals surface area (Å²) in [4.78, 5) is 31.8. The molecule has 0 spiro atoms. The van der Waals surface area contributed by atoms with Crippen LogP contribution in [0.3, 0.4) is 0 Å². The van der Waals surface area contributed by atoms with E-state index in [4.69, 9.17) is 5.73 Å². The highest BCUT2D eigenvalue weighted by atomic mass is 32.1. The Morgan fingerprint density at radius 3 is 2.69 bits per heavy atom. The fourth-order valence-corrected chi connectivity index (χ4v) is 4.89. The molecule has 1 aliphatic rings. The van der Waals surface area contributed by atoms with Gasteiger partial charge in [-0.25, -0.2) is 0 Å². The minimum Gasteiger partial charge on any atom is -0.380 e. The van der Waals surface area contributed by atoms with Gasteiger partial charge in [-0.3, -0.25) is 9.79 Å². The summed E-state index contributed by atoms with van der Waals surface area (Å²) in [6.45, 7) is 18.3. The molecule has 0 unspecified atom stereocenters. The Morgan fingerprint density at radius 1 is 1.37 bits per heavy atom. The van der Waals surface area contributed by atoms with E-state index < -0.39 is 0 Å². The molecule has 2 rings (SSSR count). The average Bonchev–Trinajstić information content (AvgIpc) is 3.25. The van der Waals surface area contributed by atoms with E-state index in [-0.39, 0.29) is 5.91 Å². The number of aldehydes is 1. The predicted octanol–water partition coefficient (Wildman–Crippen LogP) is 4.67. The van der Waals surface area contributed by atoms with E-state index in [1.807, 2.05) is 37.2 Å². The van der Waals surface area contributed by atoms with Crippen molar-refractivity contribution in [1.29, 1.82) is 0 Å². The Hall–Kier alpha value is -2.97. The second kappa shape index (κ2) is 16.6. The number of nitrogens with two attached hydrogens (primary N) is 1. The monoisotopic (exact) mass is 499 g/mol. The topological polar surface area (TPSA) is 91.0 Å². The standard InChI is InChI=1S/C18H29N5OS.C9H12O/c1-5-22(11-13(2)20-3)8-7-17(24)23-9-6-14-15(10-19)18(21-4)25-16(14)12-23;1-3-4-6-9(2)7-5-8-10/h11,21H,3,5-10,12,19H2,1-2,4H3;3-4,6,8H,1-2,5,7H2/b13-11-;6-4-. The molecule has 0 aromatic carbocycles. The van der Waals surface area contributed by atoms with Crippen molar-refractivity contribution in [1.82, 2.24) is 9.80 Å². The molecule has 0 saturated carbocycles. The van der Waals surface area contributed by atoms with Crippen molar-refractivity contribution in [2.75, 3.05) is 32.0 Å². The summed E-state index contributed by atoms with van der Waals surface area (Å²) in [6, 6.07) is 0. The Balaban J connectivity index is 0.000000518. The molecule has 1 amide bonds. The first-order valence-corrected chi connectivity index (χ1v) is 12.7. The van der Waals surface area contributed by atoms with E-state index in [1.165, 1.54) is 16.0 Å². The normalized spacial score (nSPS) is 12.9. The molecule has 7 nitrogen and oxygen atoms in total. The van der Waals surface area contributed by atoms with Crippen molar-refractivity contribution >= 4 is 35.2 Å². The number of carbonyl (C=O) groups excluding carboxylic acids is 2. The lowest BCUT2D eigenvalue weighted by Gasteiger charge is -2.28. The van der Waals surface area contributed by atoms with Crippen LogP contribution in [0.5, 0.6) is 0 Å². The van der Waals surface area contributed by atoms with E-state index in [9.17, 15) is 9.59 Å². The third-order valence-corrected chi connectivity index (χ3v) is 6.92. The van der Waals surface area contributed by atoms with Crippen molar-refractivity contribution < 1.29 is 9.59 Å². The second-order valence-electron chi connectivity index (χ2n) is 8.10. The fourth-order valence-electron chi connectivity index (χ4n) is 3.65. The molecule has 1 aromatic heterocycles. The first-order chi connectivity index (χ1) is 16.8. The summed E-state index contributed by atoms with van der Waals surface area (Å²) in [5, 5.41) is 4.36. The van der Waals surface area contributed by atoms with Gasteiger partial charge in [-0.1, -0.05) is 37.0 Å². The maximum atomic E-state index is 12.6. The molecular weight excluding hydrogens is 458 g/mol. The lowest BCUT2D eigenvalue weighted by Crippen LogP contribution is -2.37. The van der Waals surface area contributed by atoms with Gasteiger partial charge in [-0.2, -0.15) is 0 Å². The number of allylic oxidation sites excluding steroid dienone is 5. The van der Waals surface area contributed by atoms with Crippen molar-refractivity contribution in [3.05, 3.63) is 64.9 Å². The largest absolute Gasteiger partial charge is 0.380 e. The zero-order valence-electron chi connectivity index (χ0n) is 21.5. The van der Waals surface area contributed by atoms with Crippen LogP contribution in [0.15, 0.2) is 53.8 Å². The molecule has 0 fully saturated rings. The number of nitrogens with one attached hydrogen (secondary N) is 1. The first-order valence-electron chi connectivity index (χ1n) is 11.9. The summed E-state index contributed by atoms with van der Waals surface area (Å²) in [6.07, 6.45) is 10.9. The summed E-state index contributed by atoms with van der Waals surface area (Å²) >= 11 is 1.72. The van der Waals surface area contributed by atoms with Gasteiger partial charge in [-0.15, -0.1) is 11.3 Å². The fraction of sp³-hybridized carbons (Fsp3) is 0.444. The molecule has 192 valence electrons. The van der Waals surface area contributed by atoms with Gasteiger partial charge in [0, 0.05) is 62.7 Å². The zero-order chi connectivity index (χ0) is 26.2. The van der Waals surface area contributed by atoms with Gasteiger partial charge in [0.15, 0.2) is 0 Å². The highest BCUT2D eigenvalue weighted by Crippen LogP contribution is 2.36. The maximum absolute atomic E-state index is 12.6. The highest BCUT2D eigenvalue weighted by Gasteiger charge is 2.26. The quantitative estimate of drug-likeness (QED) is 0.234. The van der Waals surface area contributed by atoms with Gasteiger partial charge in [-0.05, 0) is 39.0 Å². The minimum atomic E-state index is 0.204. The van der Waals surface area contributed by atoms with Gasteiger partial charge in [0.2, 0.25) is 5.91 Å². The third kappa shape index (κ3) is 10.0. The number of fused-ring (bicyclic) bond motifs is 1. The van der Waals surface area contributed by atoms with Crippen molar-refractivity contribution in [3.8, 4) is 0 Å². The van der Waals surface area contributed by atoms with Crippen LogP contribution in [-0.2, 0) is 29.1 Å². The lowest BCUT2D eigenvalue weighted by molar-refractivity contribution is -0.132. The van der Waals surface area contributed by atoms with Crippen LogP contribution >= 0.6 is 11.3 Å². The number of hydrogen-bond acceptors (Lipinski definition) is 7. The van der Waals surface area contributed by atoms with Crippen LogP contribution in [0.4, 0.5) is 5.00 Å². The third-order valence-electron chi connectivity index (χ3n) is 5.64.